The molecule has 2 aromatic carbocycles. The van der Waals surface area contributed by atoms with Crippen LogP contribution >= 0.6 is 15.9 Å². The molecule has 146 valence electrons. The number of carbonyl (C=O) groups excluding carboxylic acids is 2. The lowest BCUT2D eigenvalue weighted by Gasteiger charge is -2.23. The molecule has 0 N–H and O–H groups in total. The molecule has 0 bridgehead atoms. The SMILES string of the molecule is Cc1cc(Br)ccc1N(C)C(=O)C1CC(=O)N(c2ccc(F)c([N+](=O)[O-])c2)C1. The summed E-state index contributed by atoms with van der Waals surface area (Å²) in [6.07, 6.45) is -0.01000. The van der Waals surface area contributed by atoms with E-state index in [9.17, 15) is 24.1 Å². The predicted octanol–water partition coefficient (Wildman–Crippen LogP) is 3.82. The van der Waals surface area contributed by atoms with Crippen LogP contribution in [0.2, 0.25) is 0 Å². The van der Waals surface area contributed by atoms with Crippen LogP contribution in [0.1, 0.15) is 12.0 Å². The summed E-state index contributed by atoms with van der Waals surface area (Å²) < 4.78 is 14.5. The Kier molecular flexibility index (Phi) is 5.46. The minimum absolute atomic E-state index is 0.01000. The van der Waals surface area contributed by atoms with E-state index in [1.54, 1.807) is 7.05 Å². The van der Waals surface area contributed by atoms with Gasteiger partial charge in [0.15, 0.2) is 0 Å². The number of hydrogen-bond acceptors (Lipinski definition) is 4. The fourth-order valence-electron chi connectivity index (χ4n) is 3.32. The van der Waals surface area contributed by atoms with Gasteiger partial charge in [-0.05, 0) is 42.8 Å². The number of rotatable bonds is 4. The second kappa shape index (κ2) is 7.67. The zero-order chi connectivity index (χ0) is 20.6. The molecule has 0 radical (unpaired) electrons. The molecule has 3 rings (SSSR count). The largest absolute Gasteiger partial charge is 0.315 e. The lowest BCUT2D eigenvalue weighted by Crippen LogP contribution is -2.35. The van der Waals surface area contributed by atoms with Crippen molar-refractivity contribution in [2.75, 3.05) is 23.4 Å². The van der Waals surface area contributed by atoms with Gasteiger partial charge in [-0.1, -0.05) is 15.9 Å². The molecule has 2 amide bonds. The summed E-state index contributed by atoms with van der Waals surface area (Å²) in [5.74, 6) is -2.12. The van der Waals surface area contributed by atoms with Gasteiger partial charge in [-0.25, -0.2) is 0 Å². The molecular formula is C19H17BrFN3O4. The van der Waals surface area contributed by atoms with Crippen molar-refractivity contribution in [1.29, 1.82) is 0 Å². The average molecular weight is 450 g/mol. The van der Waals surface area contributed by atoms with Crippen LogP contribution in [0.15, 0.2) is 40.9 Å². The third kappa shape index (κ3) is 3.75. The molecule has 0 aromatic heterocycles. The summed E-state index contributed by atoms with van der Waals surface area (Å²) in [6.45, 7) is 1.97. The maximum atomic E-state index is 13.6. The number of halogens is 2. The van der Waals surface area contributed by atoms with Crippen molar-refractivity contribution in [2.45, 2.75) is 13.3 Å². The molecule has 9 heteroatoms. The van der Waals surface area contributed by atoms with Crippen LogP contribution in [-0.4, -0.2) is 30.3 Å². The molecular weight excluding hydrogens is 433 g/mol. The maximum Gasteiger partial charge on any atom is 0.306 e. The Morgan fingerprint density at radius 3 is 2.68 bits per heavy atom. The number of nitro groups is 1. The lowest BCUT2D eigenvalue weighted by atomic mass is 10.1. The smallest absolute Gasteiger partial charge is 0.306 e. The molecule has 28 heavy (non-hydrogen) atoms. The van der Waals surface area contributed by atoms with E-state index in [1.807, 2.05) is 25.1 Å². The second-order valence-corrected chi connectivity index (χ2v) is 7.54. The van der Waals surface area contributed by atoms with Crippen LogP contribution < -0.4 is 9.80 Å². The van der Waals surface area contributed by atoms with Crippen LogP contribution in [0.5, 0.6) is 0 Å². The summed E-state index contributed by atoms with van der Waals surface area (Å²) in [4.78, 5) is 38.2. The average Bonchev–Trinajstić information content (AvgIpc) is 3.02. The molecule has 7 nitrogen and oxygen atoms in total. The van der Waals surface area contributed by atoms with Crippen molar-refractivity contribution in [3.8, 4) is 0 Å². The van der Waals surface area contributed by atoms with Gasteiger partial charge in [0.1, 0.15) is 0 Å². The van der Waals surface area contributed by atoms with Crippen molar-refractivity contribution in [2.24, 2.45) is 5.92 Å². The Morgan fingerprint density at radius 2 is 2.04 bits per heavy atom. The van der Waals surface area contributed by atoms with Crippen LogP contribution in [-0.2, 0) is 9.59 Å². The Balaban J connectivity index is 1.81. The van der Waals surface area contributed by atoms with Crippen LogP contribution in [0.25, 0.3) is 0 Å². The first-order valence-electron chi connectivity index (χ1n) is 8.47. The van der Waals surface area contributed by atoms with Crippen molar-refractivity contribution in [1.82, 2.24) is 0 Å². The van der Waals surface area contributed by atoms with Gasteiger partial charge < -0.3 is 9.80 Å². The standard InChI is InChI=1S/C19H17BrFN3O4/c1-11-7-13(20)3-6-16(11)22(2)19(26)12-8-18(25)23(10-12)14-4-5-15(21)17(9-14)24(27)28/h3-7,9,12H,8,10H2,1-2H3. The van der Waals surface area contributed by atoms with Gasteiger partial charge in [-0.2, -0.15) is 4.39 Å². The van der Waals surface area contributed by atoms with E-state index in [0.717, 1.165) is 27.9 Å². The van der Waals surface area contributed by atoms with Crippen molar-refractivity contribution >= 4 is 44.8 Å². The highest BCUT2D eigenvalue weighted by Crippen LogP contribution is 2.31. The number of amides is 2. The summed E-state index contributed by atoms with van der Waals surface area (Å²) in [7, 11) is 1.65. The van der Waals surface area contributed by atoms with Gasteiger partial charge in [-0.3, -0.25) is 19.7 Å². The first-order valence-corrected chi connectivity index (χ1v) is 9.26. The van der Waals surface area contributed by atoms with Gasteiger partial charge >= 0.3 is 5.69 Å². The molecule has 1 aliphatic heterocycles. The van der Waals surface area contributed by atoms with E-state index >= 15 is 0 Å². The first-order chi connectivity index (χ1) is 13.2. The van der Waals surface area contributed by atoms with Crippen molar-refractivity contribution in [3.63, 3.8) is 0 Å². The topological polar surface area (TPSA) is 83.8 Å². The zero-order valence-corrected chi connectivity index (χ0v) is 16.8. The van der Waals surface area contributed by atoms with Crippen LogP contribution in [0, 0.1) is 28.8 Å². The Labute approximate surface area is 169 Å². The fraction of sp³-hybridized carbons (Fsp3) is 0.263. The second-order valence-electron chi connectivity index (χ2n) is 6.63. The van der Waals surface area contributed by atoms with Gasteiger partial charge in [0.2, 0.25) is 17.6 Å². The fourth-order valence-corrected chi connectivity index (χ4v) is 3.79. The van der Waals surface area contributed by atoms with E-state index in [2.05, 4.69) is 15.9 Å². The molecule has 1 aliphatic rings. The van der Waals surface area contributed by atoms with Gasteiger partial charge in [0.05, 0.1) is 16.5 Å². The highest BCUT2D eigenvalue weighted by Gasteiger charge is 2.37. The Hall–Kier alpha value is -2.81. The minimum Gasteiger partial charge on any atom is -0.315 e. The lowest BCUT2D eigenvalue weighted by molar-refractivity contribution is -0.387. The third-order valence-electron chi connectivity index (χ3n) is 4.76. The number of hydrogen-bond donors (Lipinski definition) is 0. The molecule has 2 aromatic rings. The van der Waals surface area contributed by atoms with Gasteiger partial charge in [0.25, 0.3) is 0 Å². The summed E-state index contributed by atoms with van der Waals surface area (Å²) in [5.41, 5.74) is 1.13. The van der Waals surface area contributed by atoms with Crippen LogP contribution in [0.3, 0.4) is 0 Å². The first kappa shape index (κ1) is 19.9. The number of nitrogens with zero attached hydrogens (tertiary/aromatic N) is 3. The van der Waals surface area contributed by atoms with E-state index in [0.29, 0.717) is 0 Å². The van der Waals surface area contributed by atoms with E-state index in [1.165, 1.54) is 15.9 Å². The summed E-state index contributed by atoms with van der Waals surface area (Å²) >= 11 is 3.38. The Morgan fingerprint density at radius 1 is 1.32 bits per heavy atom. The normalized spacial score (nSPS) is 16.4. The molecule has 1 saturated heterocycles. The van der Waals surface area contributed by atoms with Crippen molar-refractivity contribution in [3.05, 3.63) is 62.4 Å². The number of benzene rings is 2. The molecule has 0 saturated carbocycles. The highest BCUT2D eigenvalue weighted by molar-refractivity contribution is 9.10. The van der Waals surface area contributed by atoms with Gasteiger partial charge in [0, 0.05) is 36.2 Å². The molecule has 0 aliphatic carbocycles. The highest BCUT2D eigenvalue weighted by atomic mass is 79.9. The number of carbonyl (C=O) groups is 2. The number of nitro benzene ring substituents is 1. The summed E-state index contributed by atoms with van der Waals surface area (Å²) in [6, 6.07) is 8.81. The number of aryl methyl sites for hydroxylation is 1. The molecule has 1 unspecified atom stereocenters. The summed E-state index contributed by atoms with van der Waals surface area (Å²) in [5, 5.41) is 10.9. The minimum atomic E-state index is -0.974. The molecule has 1 fully saturated rings. The number of anilines is 2. The molecule has 0 spiro atoms. The Bertz CT molecular complexity index is 982. The van der Waals surface area contributed by atoms with Crippen molar-refractivity contribution < 1.29 is 18.9 Å². The molecule has 1 heterocycles. The third-order valence-corrected chi connectivity index (χ3v) is 5.26. The van der Waals surface area contributed by atoms with E-state index in [-0.39, 0.29) is 30.5 Å². The predicted molar refractivity (Wildman–Crippen MR) is 106 cm³/mol. The van der Waals surface area contributed by atoms with E-state index < -0.39 is 22.3 Å². The molecule has 1 atom stereocenters. The quantitative estimate of drug-likeness (QED) is 0.524. The monoisotopic (exact) mass is 449 g/mol. The van der Waals surface area contributed by atoms with E-state index in [4.69, 9.17) is 0 Å². The zero-order valence-electron chi connectivity index (χ0n) is 15.2. The van der Waals surface area contributed by atoms with Crippen LogP contribution in [0.4, 0.5) is 21.5 Å². The maximum absolute atomic E-state index is 13.6. The van der Waals surface area contributed by atoms with Gasteiger partial charge in [-0.15, -0.1) is 0 Å².